The Morgan fingerprint density at radius 2 is 1.85 bits per heavy atom. The molecular weight excluding hydrogens is 258 g/mol. The summed E-state index contributed by atoms with van der Waals surface area (Å²) in [6.07, 6.45) is 0.548. The Morgan fingerprint density at radius 3 is 2.40 bits per heavy atom. The molecule has 1 amide bonds. The largest absolute Gasteiger partial charge is 0.481 e. The first-order valence-corrected chi connectivity index (χ1v) is 6.70. The second kappa shape index (κ2) is 5.94. The van der Waals surface area contributed by atoms with Gasteiger partial charge >= 0.3 is 12.1 Å². The Bertz CT molecular complexity index is 478. The SMILES string of the molecule is CC1(C(=O)O)CCN(C(=O)OCc2ccccc2)CC1. The standard InChI is InChI=1S/C15H19NO4/c1-15(13(17)18)7-9-16(10-8-15)14(19)20-11-12-5-3-2-4-6-12/h2-6H,7-11H2,1H3,(H,17,18). The van der Waals surface area contributed by atoms with Crippen LogP contribution in [0.3, 0.4) is 0 Å². The van der Waals surface area contributed by atoms with Crippen molar-refractivity contribution >= 4 is 12.1 Å². The quantitative estimate of drug-likeness (QED) is 0.921. The molecule has 0 spiro atoms. The number of aliphatic carboxylic acids is 1. The predicted octanol–water partition coefficient (Wildman–Crippen LogP) is 2.51. The molecule has 1 fully saturated rings. The molecule has 1 aromatic rings. The lowest BCUT2D eigenvalue weighted by Gasteiger charge is -2.35. The summed E-state index contributed by atoms with van der Waals surface area (Å²) in [7, 11) is 0. The number of carbonyl (C=O) groups is 2. The predicted molar refractivity (Wildman–Crippen MR) is 73.2 cm³/mol. The Labute approximate surface area is 118 Å². The van der Waals surface area contributed by atoms with E-state index in [0.29, 0.717) is 25.9 Å². The fourth-order valence-electron chi connectivity index (χ4n) is 2.21. The fraction of sp³-hybridized carbons (Fsp3) is 0.467. The van der Waals surface area contributed by atoms with Gasteiger partial charge < -0.3 is 14.7 Å². The van der Waals surface area contributed by atoms with Crippen molar-refractivity contribution in [3.05, 3.63) is 35.9 Å². The van der Waals surface area contributed by atoms with E-state index in [1.54, 1.807) is 11.8 Å². The average molecular weight is 277 g/mol. The van der Waals surface area contributed by atoms with Gasteiger partial charge in [0.05, 0.1) is 5.41 Å². The Morgan fingerprint density at radius 1 is 1.25 bits per heavy atom. The zero-order chi connectivity index (χ0) is 14.6. The minimum atomic E-state index is -0.796. The van der Waals surface area contributed by atoms with Crippen LogP contribution in [0.4, 0.5) is 4.79 Å². The van der Waals surface area contributed by atoms with Crippen LogP contribution in [0.5, 0.6) is 0 Å². The van der Waals surface area contributed by atoms with Gasteiger partial charge in [-0.15, -0.1) is 0 Å². The maximum Gasteiger partial charge on any atom is 0.410 e. The molecule has 1 heterocycles. The van der Waals surface area contributed by atoms with Crippen LogP contribution in [0, 0.1) is 5.41 Å². The highest BCUT2D eigenvalue weighted by molar-refractivity contribution is 5.75. The van der Waals surface area contributed by atoms with Crippen LogP contribution >= 0.6 is 0 Å². The van der Waals surface area contributed by atoms with Gasteiger partial charge in [-0.1, -0.05) is 30.3 Å². The first-order chi connectivity index (χ1) is 9.51. The summed E-state index contributed by atoms with van der Waals surface area (Å²) in [5, 5.41) is 9.14. The molecule has 0 atom stereocenters. The lowest BCUT2D eigenvalue weighted by atomic mass is 9.81. The van der Waals surface area contributed by atoms with E-state index in [9.17, 15) is 9.59 Å². The highest BCUT2D eigenvalue weighted by atomic mass is 16.6. The third kappa shape index (κ3) is 3.29. The maximum absolute atomic E-state index is 11.9. The van der Waals surface area contributed by atoms with Gasteiger partial charge in [0.1, 0.15) is 6.61 Å². The molecule has 0 bridgehead atoms. The molecule has 5 nitrogen and oxygen atoms in total. The second-order valence-corrected chi connectivity index (χ2v) is 5.39. The number of nitrogens with zero attached hydrogens (tertiary/aromatic N) is 1. The second-order valence-electron chi connectivity index (χ2n) is 5.39. The van der Waals surface area contributed by atoms with Crippen molar-refractivity contribution in [1.29, 1.82) is 0 Å². The smallest absolute Gasteiger partial charge is 0.410 e. The van der Waals surface area contributed by atoms with Crippen LogP contribution in [-0.2, 0) is 16.1 Å². The van der Waals surface area contributed by atoms with Crippen molar-refractivity contribution in [1.82, 2.24) is 4.90 Å². The summed E-state index contributed by atoms with van der Waals surface area (Å²) < 4.78 is 5.24. The monoisotopic (exact) mass is 277 g/mol. The van der Waals surface area contributed by atoms with E-state index in [1.165, 1.54) is 0 Å². The van der Waals surface area contributed by atoms with E-state index in [2.05, 4.69) is 0 Å². The summed E-state index contributed by atoms with van der Waals surface area (Å²) in [5.74, 6) is -0.796. The molecule has 2 rings (SSSR count). The van der Waals surface area contributed by atoms with Crippen molar-refractivity contribution in [3.8, 4) is 0 Å². The van der Waals surface area contributed by atoms with Crippen LogP contribution in [-0.4, -0.2) is 35.2 Å². The van der Waals surface area contributed by atoms with Crippen LogP contribution in [0.25, 0.3) is 0 Å². The number of benzene rings is 1. The molecule has 0 aromatic heterocycles. The van der Waals surface area contributed by atoms with E-state index in [0.717, 1.165) is 5.56 Å². The number of ether oxygens (including phenoxy) is 1. The van der Waals surface area contributed by atoms with Gasteiger partial charge in [-0.05, 0) is 25.3 Å². The number of rotatable bonds is 3. The van der Waals surface area contributed by atoms with Gasteiger partial charge in [0.2, 0.25) is 0 Å². The Hall–Kier alpha value is -2.04. The summed E-state index contributed by atoms with van der Waals surface area (Å²) in [6.45, 7) is 2.82. The summed E-state index contributed by atoms with van der Waals surface area (Å²) in [4.78, 5) is 24.6. The maximum atomic E-state index is 11.9. The highest BCUT2D eigenvalue weighted by Gasteiger charge is 2.38. The van der Waals surface area contributed by atoms with E-state index in [1.807, 2.05) is 30.3 Å². The van der Waals surface area contributed by atoms with E-state index < -0.39 is 11.4 Å². The molecule has 1 saturated heterocycles. The van der Waals surface area contributed by atoms with Gasteiger partial charge in [0.15, 0.2) is 0 Å². The molecule has 0 saturated carbocycles. The zero-order valence-corrected chi connectivity index (χ0v) is 11.5. The molecule has 1 aliphatic rings. The van der Waals surface area contributed by atoms with Gasteiger partial charge in [0.25, 0.3) is 0 Å². The summed E-state index contributed by atoms with van der Waals surface area (Å²) >= 11 is 0. The van der Waals surface area contributed by atoms with Crippen molar-refractivity contribution in [2.75, 3.05) is 13.1 Å². The summed E-state index contributed by atoms with van der Waals surface area (Å²) in [6, 6.07) is 9.48. The molecule has 1 N–H and O–H groups in total. The number of amides is 1. The van der Waals surface area contributed by atoms with Crippen molar-refractivity contribution in [2.45, 2.75) is 26.4 Å². The number of carbonyl (C=O) groups excluding carboxylic acids is 1. The van der Waals surface area contributed by atoms with E-state index in [4.69, 9.17) is 9.84 Å². The molecule has 1 aromatic carbocycles. The van der Waals surface area contributed by atoms with Crippen LogP contribution in [0.1, 0.15) is 25.3 Å². The van der Waals surface area contributed by atoms with Gasteiger partial charge in [-0.3, -0.25) is 4.79 Å². The topological polar surface area (TPSA) is 66.8 Å². The molecule has 108 valence electrons. The third-order valence-corrected chi connectivity index (χ3v) is 3.85. The number of carboxylic acids is 1. The van der Waals surface area contributed by atoms with E-state index in [-0.39, 0.29) is 12.7 Å². The Balaban J connectivity index is 1.82. The van der Waals surface area contributed by atoms with Gasteiger partial charge in [0, 0.05) is 13.1 Å². The fourth-order valence-corrected chi connectivity index (χ4v) is 2.21. The normalized spacial score (nSPS) is 17.6. The number of hydrogen-bond acceptors (Lipinski definition) is 3. The van der Waals surface area contributed by atoms with Crippen molar-refractivity contribution in [3.63, 3.8) is 0 Å². The van der Waals surface area contributed by atoms with Crippen molar-refractivity contribution < 1.29 is 19.4 Å². The molecule has 0 aliphatic carbocycles. The lowest BCUT2D eigenvalue weighted by Crippen LogP contribution is -2.45. The zero-order valence-electron chi connectivity index (χ0n) is 11.5. The first kappa shape index (κ1) is 14.4. The summed E-state index contributed by atoms with van der Waals surface area (Å²) in [5.41, 5.74) is 0.212. The van der Waals surface area contributed by atoms with Gasteiger partial charge in [-0.2, -0.15) is 0 Å². The lowest BCUT2D eigenvalue weighted by molar-refractivity contribution is -0.150. The molecule has 1 aliphatic heterocycles. The van der Waals surface area contributed by atoms with Gasteiger partial charge in [-0.25, -0.2) is 4.79 Å². The molecular formula is C15H19NO4. The first-order valence-electron chi connectivity index (χ1n) is 6.70. The molecule has 0 radical (unpaired) electrons. The molecule has 20 heavy (non-hydrogen) atoms. The van der Waals surface area contributed by atoms with Crippen LogP contribution in [0.2, 0.25) is 0 Å². The third-order valence-electron chi connectivity index (χ3n) is 3.85. The number of hydrogen-bond donors (Lipinski definition) is 1. The number of likely N-dealkylation sites (tertiary alicyclic amines) is 1. The van der Waals surface area contributed by atoms with Crippen molar-refractivity contribution in [2.24, 2.45) is 5.41 Å². The molecule has 5 heteroatoms. The van der Waals surface area contributed by atoms with Crippen LogP contribution < -0.4 is 0 Å². The van der Waals surface area contributed by atoms with E-state index >= 15 is 0 Å². The number of piperidine rings is 1. The highest BCUT2D eigenvalue weighted by Crippen LogP contribution is 2.31. The number of carboxylic acid groups (broad SMARTS) is 1. The minimum absolute atomic E-state index is 0.242. The Kier molecular flexibility index (Phi) is 4.27. The molecule has 0 unspecified atom stereocenters. The van der Waals surface area contributed by atoms with Crippen LogP contribution in [0.15, 0.2) is 30.3 Å². The minimum Gasteiger partial charge on any atom is -0.481 e. The average Bonchev–Trinajstić information content (AvgIpc) is 2.46.